The zero-order chi connectivity index (χ0) is 21.0. The summed E-state index contributed by atoms with van der Waals surface area (Å²) in [6.07, 6.45) is 8.31. The van der Waals surface area contributed by atoms with E-state index in [1.54, 1.807) is 18.3 Å². The van der Waals surface area contributed by atoms with Crippen LogP contribution in [0.15, 0.2) is 60.1 Å². The Morgan fingerprint density at radius 1 is 1.00 bits per heavy atom. The van der Waals surface area contributed by atoms with Crippen molar-refractivity contribution in [2.75, 3.05) is 18.4 Å². The van der Waals surface area contributed by atoms with Crippen LogP contribution in [0, 0.1) is 0 Å². The van der Waals surface area contributed by atoms with Crippen molar-refractivity contribution in [3.63, 3.8) is 0 Å². The molecular weight excluding hydrogens is 404 g/mol. The number of nitrogens with one attached hydrogen (secondary N) is 1. The van der Waals surface area contributed by atoms with Gasteiger partial charge in [0, 0.05) is 24.8 Å². The van der Waals surface area contributed by atoms with Gasteiger partial charge in [0.05, 0.1) is 10.6 Å². The molecule has 30 heavy (non-hydrogen) atoms. The van der Waals surface area contributed by atoms with E-state index in [0.29, 0.717) is 30.2 Å². The minimum atomic E-state index is -3.55. The van der Waals surface area contributed by atoms with E-state index >= 15 is 0 Å². The fourth-order valence-electron chi connectivity index (χ4n) is 3.40. The maximum absolute atomic E-state index is 12.9. The summed E-state index contributed by atoms with van der Waals surface area (Å²) in [5, 5.41) is 6.83. The Kier molecular flexibility index (Phi) is 5.86. The molecule has 0 aliphatic carbocycles. The van der Waals surface area contributed by atoms with Crippen LogP contribution in [0.1, 0.15) is 36.0 Å². The lowest BCUT2D eigenvalue weighted by Crippen LogP contribution is -2.31. The van der Waals surface area contributed by atoms with Crippen molar-refractivity contribution in [2.24, 2.45) is 0 Å². The first-order valence-electron chi connectivity index (χ1n) is 9.77. The highest BCUT2D eigenvalue weighted by Gasteiger charge is 2.25. The van der Waals surface area contributed by atoms with E-state index < -0.39 is 10.0 Å². The smallest absolute Gasteiger partial charge is 0.255 e. The molecule has 156 valence electrons. The van der Waals surface area contributed by atoms with Crippen LogP contribution < -0.4 is 5.32 Å². The van der Waals surface area contributed by atoms with E-state index in [4.69, 9.17) is 0 Å². The highest BCUT2D eigenvalue weighted by molar-refractivity contribution is 7.89. The summed E-state index contributed by atoms with van der Waals surface area (Å²) in [6.45, 7) is 1.08. The summed E-state index contributed by atoms with van der Waals surface area (Å²) < 4.78 is 28.8. The lowest BCUT2D eigenvalue weighted by atomic mass is 10.2. The van der Waals surface area contributed by atoms with Gasteiger partial charge in [-0.15, -0.1) is 0 Å². The number of hydrogen-bond donors (Lipinski definition) is 1. The average molecular weight is 427 g/mol. The number of nitrogens with zero attached hydrogens (tertiary/aromatic N) is 5. The zero-order valence-corrected chi connectivity index (χ0v) is 17.1. The van der Waals surface area contributed by atoms with E-state index in [0.717, 1.165) is 25.7 Å². The summed E-state index contributed by atoms with van der Waals surface area (Å²) in [4.78, 5) is 21.0. The largest absolute Gasteiger partial charge is 0.319 e. The van der Waals surface area contributed by atoms with Crippen molar-refractivity contribution in [2.45, 2.75) is 30.6 Å². The van der Waals surface area contributed by atoms with E-state index in [2.05, 4.69) is 20.4 Å². The Bertz CT molecular complexity index is 1110. The van der Waals surface area contributed by atoms with E-state index in [1.165, 1.54) is 45.9 Å². The molecule has 4 rings (SSSR count). The molecule has 0 spiro atoms. The molecule has 2 aromatic heterocycles. The van der Waals surface area contributed by atoms with Gasteiger partial charge in [-0.25, -0.2) is 23.1 Å². The van der Waals surface area contributed by atoms with Gasteiger partial charge in [-0.1, -0.05) is 12.8 Å². The van der Waals surface area contributed by atoms with Crippen LogP contribution in [0.3, 0.4) is 0 Å². The molecule has 1 saturated heterocycles. The molecule has 0 unspecified atom stereocenters. The van der Waals surface area contributed by atoms with Gasteiger partial charge in [-0.3, -0.25) is 4.79 Å². The van der Waals surface area contributed by atoms with Gasteiger partial charge >= 0.3 is 0 Å². The molecule has 0 saturated carbocycles. The number of amides is 1. The van der Waals surface area contributed by atoms with Gasteiger partial charge in [0.15, 0.2) is 5.82 Å². The molecule has 3 heterocycles. The van der Waals surface area contributed by atoms with Gasteiger partial charge < -0.3 is 5.32 Å². The number of carbonyl (C=O) groups excluding carboxylic acids is 1. The SMILES string of the molecule is O=C(Nc1cccnc1-n1cncn1)c1ccc(S(=O)(=O)N2CCCCCC2)cc1. The van der Waals surface area contributed by atoms with Crippen molar-refractivity contribution in [3.8, 4) is 5.82 Å². The van der Waals surface area contributed by atoms with Gasteiger partial charge in [-0.2, -0.15) is 9.40 Å². The predicted octanol–water partition coefficient (Wildman–Crippen LogP) is 2.48. The third kappa shape index (κ3) is 4.24. The lowest BCUT2D eigenvalue weighted by Gasteiger charge is -2.20. The minimum Gasteiger partial charge on any atom is -0.319 e. The first kappa shape index (κ1) is 20.2. The molecule has 9 nitrogen and oxygen atoms in total. The van der Waals surface area contributed by atoms with Crippen LogP contribution in [-0.2, 0) is 10.0 Å². The van der Waals surface area contributed by atoms with Crippen molar-refractivity contribution in [3.05, 3.63) is 60.8 Å². The van der Waals surface area contributed by atoms with Crippen LogP contribution in [0.2, 0.25) is 0 Å². The Balaban J connectivity index is 1.52. The number of pyridine rings is 1. The fraction of sp³-hybridized carbons (Fsp3) is 0.300. The number of carbonyl (C=O) groups is 1. The number of sulfonamides is 1. The first-order chi connectivity index (χ1) is 14.6. The quantitative estimate of drug-likeness (QED) is 0.671. The van der Waals surface area contributed by atoms with Crippen molar-refractivity contribution < 1.29 is 13.2 Å². The molecular formula is C20H22N6O3S. The lowest BCUT2D eigenvalue weighted by molar-refractivity contribution is 0.102. The summed E-state index contributed by atoms with van der Waals surface area (Å²) in [7, 11) is -3.55. The third-order valence-electron chi connectivity index (χ3n) is 4.99. The first-order valence-corrected chi connectivity index (χ1v) is 11.2. The normalized spacial score (nSPS) is 15.5. The second-order valence-electron chi connectivity index (χ2n) is 7.01. The highest BCUT2D eigenvalue weighted by atomic mass is 32.2. The Morgan fingerprint density at radius 2 is 1.73 bits per heavy atom. The van der Waals surface area contributed by atoms with Gasteiger partial charge in [-0.05, 0) is 49.2 Å². The minimum absolute atomic E-state index is 0.200. The number of aromatic nitrogens is 4. The summed E-state index contributed by atoms with van der Waals surface area (Å²) in [6, 6.07) is 9.41. The van der Waals surface area contributed by atoms with E-state index in [1.807, 2.05) is 0 Å². The third-order valence-corrected chi connectivity index (χ3v) is 6.90. The average Bonchev–Trinajstić information content (AvgIpc) is 3.15. The molecule has 0 radical (unpaired) electrons. The Labute approximate surface area is 174 Å². The maximum atomic E-state index is 12.9. The van der Waals surface area contributed by atoms with Crippen molar-refractivity contribution in [1.82, 2.24) is 24.1 Å². The molecule has 1 aliphatic heterocycles. The monoisotopic (exact) mass is 426 g/mol. The summed E-state index contributed by atoms with van der Waals surface area (Å²) >= 11 is 0. The highest BCUT2D eigenvalue weighted by Crippen LogP contribution is 2.22. The molecule has 1 aromatic carbocycles. The predicted molar refractivity (Wildman–Crippen MR) is 111 cm³/mol. The Hall–Kier alpha value is -3.11. The molecule has 10 heteroatoms. The molecule has 1 N–H and O–H groups in total. The number of benzene rings is 1. The van der Waals surface area contributed by atoms with E-state index in [9.17, 15) is 13.2 Å². The molecule has 1 amide bonds. The van der Waals surface area contributed by atoms with Crippen molar-refractivity contribution in [1.29, 1.82) is 0 Å². The number of anilines is 1. The molecule has 3 aromatic rings. The number of rotatable bonds is 5. The van der Waals surface area contributed by atoms with Gasteiger partial charge in [0.1, 0.15) is 12.7 Å². The van der Waals surface area contributed by atoms with Crippen molar-refractivity contribution >= 4 is 21.6 Å². The fourth-order valence-corrected chi connectivity index (χ4v) is 4.92. The summed E-state index contributed by atoms with van der Waals surface area (Å²) in [5.74, 6) is 0.0618. The maximum Gasteiger partial charge on any atom is 0.255 e. The van der Waals surface area contributed by atoms with Crippen LogP contribution in [-0.4, -0.2) is 51.5 Å². The second kappa shape index (κ2) is 8.72. The Morgan fingerprint density at radius 3 is 2.40 bits per heavy atom. The number of hydrogen-bond acceptors (Lipinski definition) is 6. The molecule has 1 aliphatic rings. The topological polar surface area (TPSA) is 110 Å². The molecule has 0 atom stereocenters. The van der Waals surface area contributed by atoms with Gasteiger partial charge in [0.25, 0.3) is 5.91 Å². The van der Waals surface area contributed by atoms with Crippen LogP contribution in [0.5, 0.6) is 0 Å². The summed E-state index contributed by atoms with van der Waals surface area (Å²) in [5.41, 5.74) is 0.812. The second-order valence-corrected chi connectivity index (χ2v) is 8.95. The standard InChI is InChI=1S/C20H22N6O3S/c27-20(24-18-6-5-11-22-19(18)26-15-21-14-23-26)16-7-9-17(10-8-16)30(28,29)25-12-3-1-2-4-13-25/h5-11,14-15H,1-4,12-13H2,(H,24,27). The molecule has 1 fully saturated rings. The van der Waals surface area contributed by atoms with Gasteiger partial charge in [0.2, 0.25) is 10.0 Å². The van der Waals surface area contributed by atoms with E-state index in [-0.39, 0.29) is 10.8 Å². The van der Waals surface area contributed by atoms with Crippen LogP contribution in [0.4, 0.5) is 5.69 Å². The zero-order valence-electron chi connectivity index (χ0n) is 16.3. The van der Waals surface area contributed by atoms with Crippen LogP contribution >= 0.6 is 0 Å². The molecule has 0 bridgehead atoms. The van der Waals surface area contributed by atoms with Crippen LogP contribution in [0.25, 0.3) is 5.82 Å².